The topological polar surface area (TPSA) is 70.7 Å². The Morgan fingerprint density at radius 2 is 1.58 bits per heavy atom. The van der Waals surface area contributed by atoms with Gasteiger partial charge in [0.15, 0.2) is 0 Å². The highest BCUT2D eigenvalue weighted by atomic mass is 35.5. The third-order valence-corrected chi connectivity index (χ3v) is 5.77. The van der Waals surface area contributed by atoms with Gasteiger partial charge >= 0.3 is 0 Å². The van der Waals surface area contributed by atoms with E-state index in [0.29, 0.717) is 10.7 Å². The van der Waals surface area contributed by atoms with Gasteiger partial charge in [0.2, 0.25) is 0 Å². The molecule has 8 heteroatoms. The minimum absolute atomic E-state index is 0.214. The highest BCUT2D eigenvalue weighted by Gasteiger charge is 2.14. The van der Waals surface area contributed by atoms with E-state index in [9.17, 15) is 8.42 Å². The van der Waals surface area contributed by atoms with Gasteiger partial charge in [0.05, 0.1) is 18.1 Å². The third-order valence-electron chi connectivity index (χ3n) is 4.12. The van der Waals surface area contributed by atoms with Gasteiger partial charge in [0, 0.05) is 42.6 Å². The van der Waals surface area contributed by atoms with Crippen LogP contribution in [-0.2, 0) is 14.8 Å². The molecule has 0 spiro atoms. The number of nitrogens with one attached hydrogen (secondary N) is 2. The molecule has 0 unspecified atom stereocenters. The Bertz CT molecular complexity index is 805. The number of nitrogens with zero attached hydrogens (tertiary/aromatic N) is 1. The fraction of sp³-hybridized carbons (Fsp3) is 0.333. The molecule has 26 heavy (non-hydrogen) atoms. The second kappa shape index (κ2) is 8.73. The second-order valence-electron chi connectivity index (χ2n) is 6.02. The zero-order chi connectivity index (χ0) is 18.4. The SMILES string of the molecule is O=S(=O)(Nc1ccc(Cl)cc1)c1ccc(NCCN2CCOCC2)cc1. The first kappa shape index (κ1) is 19.0. The zero-order valence-corrected chi connectivity index (χ0v) is 15.9. The fourth-order valence-electron chi connectivity index (χ4n) is 2.67. The molecule has 6 nitrogen and oxygen atoms in total. The van der Waals surface area contributed by atoms with Crippen molar-refractivity contribution in [1.82, 2.24) is 4.90 Å². The van der Waals surface area contributed by atoms with Crippen LogP contribution in [0.4, 0.5) is 11.4 Å². The van der Waals surface area contributed by atoms with E-state index in [4.69, 9.17) is 16.3 Å². The van der Waals surface area contributed by atoms with Crippen molar-refractivity contribution in [2.75, 3.05) is 49.4 Å². The van der Waals surface area contributed by atoms with Crippen molar-refractivity contribution >= 4 is 33.0 Å². The summed E-state index contributed by atoms with van der Waals surface area (Å²) in [6.45, 7) is 5.21. The molecule has 2 aromatic rings. The standard InChI is InChI=1S/C18H22ClN3O3S/c19-15-1-3-17(4-2-15)21-26(23,24)18-7-5-16(6-8-18)20-9-10-22-11-13-25-14-12-22/h1-8,20-21H,9-14H2. The minimum Gasteiger partial charge on any atom is -0.384 e. The Labute approximate surface area is 159 Å². The van der Waals surface area contributed by atoms with Crippen LogP contribution in [-0.4, -0.2) is 52.7 Å². The molecule has 1 aliphatic rings. The zero-order valence-electron chi connectivity index (χ0n) is 14.3. The van der Waals surface area contributed by atoms with Gasteiger partial charge in [-0.15, -0.1) is 0 Å². The Morgan fingerprint density at radius 1 is 0.962 bits per heavy atom. The van der Waals surface area contributed by atoms with E-state index in [1.807, 2.05) is 0 Å². The average molecular weight is 396 g/mol. The molecular weight excluding hydrogens is 374 g/mol. The van der Waals surface area contributed by atoms with Crippen LogP contribution >= 0.6 is 11.6 Å². The summed E-state index contributed by atoms with van der Waals surface area (Å²) in [6.07, 6.45) is 0. The average Bonchev–Trinajstić information content (AvgIpc) is 2.65. The van der Waals surface area contributed by atoms with Gasteiger partial charge in [-0.25, -0.2) is 8.42 Å². The molecule has 0 aromatic heterocycles. The van der Waals surface area contributed by atoms with Crippen molar-refractivity contribution in [3.63, 3.8) is 0 Å². The molecule has 1 saturated heterocycles. The Balaban J connectivity index is 1.54. The molecular formula is C18H22ClN3O3S. The highest BCUT2D eigenvalue weighted by molar-refractivity contribution is 7.92. The Kier molecular flexibility index (Phi) is 6.37. The molecule has 2 aromatic carbocycles. The van der Waals surface area contributed by atoms with E-state index in [2.05, 4.69) is 14.9 Å². The van der Waals surface area contributed by atoms with Gasteiger partial charge in [-0.2, -0.15) is 0 Å². The molecule has 3 rings (SSSR count). The summed E-state index contributed by atoms with van der Waals surface area (Å²) >= 11 is 5.82. The minimum atomic E-state index is -3.62. The van der Waals surface area contributed by atoms with E-state index >= 15 is 0 Å². The van der Waals surface area contributed by atoms with Crippen molar-refractivity contribution in [3.05, 3.63) is 53.6 Å². The van der Waals surface area contributed by atoms with Crippen molar-refractivity contribution < 1.29 is 13.2 Å². The van der Waals surface area contributed by atoms with E-state index in [1.54, 1.807) is 48.5 Å². The molecule has 0 saturated carbocycles. The molecule has 0 aliphatic carbocycles. The monoisotopic (exact) mass is 395 g/mol. The fourth-order valence-corrected chi connectivity index (χ4v) is 3.85. The Morgan fingerprint density at radius 3 is 2.23 bits per heavy atom. The van der Waals surface area contributed by atoms with Crippen LogP contribution in [0.3, 0.4) is 0 Å². The van der Waals surface area contributed by atoms with Gasteiger partial charge in [0.25, 0.3) is 10.0 Å². The van der Waals surface area contributed by atoms with Crippen LogP contribution in [0.25, 0.3) is 0 Å². The highest BCUT2D eigenvalue weighted by Crippen LogP contribution is 2.19. The molecule has 0 radical (unpaired) electrons. The lowest BCUT2D eigenvalue weighted by Crippen LogP contribution is -2.38. The number of anilines is 2. The number of rotatable bonds is 7. The molecule has 1 aliphatic heterocycles. The summed E-state index contributed by atoms with van der Waals surface area (Å²) in [7, 11) is -3.62. The van der Waals surface area contributed by atoms with Crippen molar-refractivity contribution in [3.8, 4) is 0 Å². The summed E-state index contributed by atoms with van der Waals surface area (Å²) in [5.74, 6) is 0. The van der Waals surface area contributed by atoms with Crippen LogP contribution < -0.4 is 10.0 Å². The molecule has 1 heterocycles. The summed E-state index contributed by atoms with van der Waals surface area (Å²) in [6, 6.07) is 13.3. The number of hydrogen-bond donors (Lipinski definition) is 2. The van der Waals surface area contributed by atoms with Gasteiger partial charge in [-0.05, 0) is 48.5 Å². The summed E-state index contributed by atoms with van der Waals surface area (Å²) < 4.78 is 32.7. The van der Waals surface area contributed by atoms with Crippen LogP contribution in [0.15, 0.2) is 53.4 Å². The lowest BCUT2D eigenvalue weighted by molar-refractivity contribution is 0.0398. The number of ether oxygens (including phenoxy) is 1. The quantitative estimate of drug-likeness (QED) is 0.754. The number of halogens is 1. The third kappa shape index (κ3) is 5.35. The van der Waals surface area contributed by atoms with Crippen LogP contribution in [0.5, 0.6) is 0 Å². The first-order chi connectivity index (χ1) is 12.5. The normalized spacial score (nSPS) is 15.6. The Hall–Kier alpha value is -1.80. The van der Waals surface area contributed by atoms with Crippen LogP contribution in [0, 0.1) is 0 Å². The predicted octanol–water partition coefficient (Wildman–Crippen LogP) is 2.88. The van der Waals surface area contributed by atoms with Crippen molar-refractivity contribution in [2.45, 2.75) is 4.90 Å². The summed E-state index contributed by atoms with van der Waals surface area (Å²) in [5, 5.41) is 3.87. The van der Waals surface area contributed by atoms with Crippen molar-refractivity contribution in [1.29, 1.82) is 0 Å². The van der Waals surface area contributed by atoms with Gasteiger partial charge in [-0.3, -0.25) is 9.62 Å². The van der Waals surface area contributed by atoms with Gasteiger partial charge in [-0.1, -0.05) is 11.6 Å². The largest absolute Gasteiger partial charge is 0.384 e. The number of hydrogen-bond acceptors (Lipinski definition) is 5. The maximum atomic E-state index is 12.4. The number of morpholine rings is 1. The summed E-state index contributed by atoms with van der Waals surface area (Å²) in [4.78, 5) is 2.55. The summed E-state index contributed by atoms with van der Waals surface area (Å²) in [5.41, 5.74) is 1.37. The van der Waals surface area contributed by atoms with E-state index in [0.717, 1.165) is 45.1 Å². The first-order valence-corrected chi connectivity index (χ1v) is 10.3. The maximum Gasteiger partial charge on any atom is 0.261 e. The van der Waals surface area contributed by atoms with Crippen LogP contribution in [0.2, 0.25) is 5.02 Å². The van der Waals surface area contributed by atoms with Gasteiger partial charge < -0.3 is 10.1 Å². The van der Waals surface area contributed by atoms with E-state index in [1.165, 1.54) is 0 Å². The predicted molar refractivity (Wildman–Crippen MR) is 104 cm³/mol. The number of sulfonamides is 1. The van der Waals surface area contributed by atoms with Crippen molar-refractivity contribution in [2.24, 2.45) is 0 Å². The van der Waals surface area contributed by atoms with Crippen LogP contribution in [0.1, 0.15) is 0 Å². The smallest absolute Gasteiger partial charge is 0.261 e. The van der Waals surface area contributed by atoms with Gasteiger partial charge in [0.1, 0.15) is 0 Å². The first-order valence-electron chi connectivity index (χ1n) is 8.45. The molecule has 2 N–H and O–H groups in total. The lowest BCUT2D eigenvalue weighted by atomic mass is 10.3. The second-order valence-corrected chi connectivity index (χ2v) is 8.14. The molecule has 140 valence electrons. The molecule has 0 bridgehead atoms. The van der Waals surface area contributed by atoms with E-state index < -0.39 is 10.0 Å². The number of benzene rings is 2. The van der Waals surface area contributed by atoms with E-state index in [-0.39, 0.29) is 4.90 Å². The molecule has 0 atom stereocenters. The molecule has 0 amide bonds. The maximum absolute atomic E-state index is 12.4. The lowest BCUT2D eigenvalue weighted by Gasteiger charge is -2.26. The molecule has 1 fully saturated rings.